The van der Waals surface area contributed by atoms with Crippen molar-refractivity contribution in [2.45, 2.75) is 18.3 Å². The third-order valence-corrected chi connectivity index (χ3v) is 4.31. The molecule has 5 nitrogen and oxygen atoms in total. The molecule has 6 heteroatoms. The number of aryl methyl sites for hydroxylation is 1. The molecule has 1 aliphatic carbocycles. The summed E-state index contributed by atoms with van der Waals surface area (Å²) in [6.45, 7) is 0. The van der Waals surface area contributed by atoms with Gasteiger partial charge in [-0.05, 0) is 29.3 Å². The smallest absolute Gasteiger partial charge is 0.230 e. The van der Waals surface area contributed by atoms with Gasteiger partial charge in [0.05, 0.1) is 11.1 Å². The summed E-state index contributed by atoms with van der Waals surface area (Å²) < 4.78 is 7.22. The average Bonchev–Trinajstić information content (AvgIpc) is 2.86. The summed E-state index contributed by atoms with van der Waals surface area (Å²) in [5, 5.41) is 10.3. The molecule has 3 heterocycles. The van der Waals surface area contributed by atoms with Crippen LogP contribution in [-0.4, -0.2) is 19.9 Å². The molecule has 0 bridgehead atoms. The quantitative estimate of drug-likeness (QED) is 0.735. The Labute approximate surface area is 113 Å². The molecule has 0 N–H and O–H groups in total. The van der Waals surface area contributed by atoms with Gasteiger partial charge in [0.1, 0.15) is 0 Å². The van der Waals surface area contributed by atoms with Crippen LogP contribution in [0.1, 0.15) is 29.7 Å². The highest BCUT2D eigenvalue weighted by atomic mass is 32.1. The zero-order chi connectivity index (χ0) is 12.8. The van der Waals surface area contributed by atoms with Gasteiger partial charge in [0.15, 0.2) is 0 Å². The summed E-state index contributed by atoms with van der Waals surface area (Å²) in [6, 6.07) is 4.00. The first-order valence-electron chi connectivity index (χ1n) is 6.17. The monoisotopic (exact) mass is 272 g/mol. The van der Waals surface area contributed by atoms with Gasteiger partial charge in [-0.3, -0.25) is 4.68 Å². The summed E-state index contributed by atoms with van der Waals surface area (Å²) >= 11 is 1.62. The van der Waals surface area contributed by atoms with Crippen molar-refractivity contribution in [1.82, 2.24) is 19.9 Å². The van der Waals surface area contributed by atoms with Crippen molar-refractivity contribution >= 4 is 11.3 Å². The lowest BCUT2D eigenvalue weighted by Crippen LogP contribution is -1.85. The topological polar surface area (TPSA) is 56.7 Å². The van der Waals surface area contributed by atoms with Crippen LogP contribution in [0.5, 0.6) is 0 Å². The van der Waals surface area contributed by atoms with Gasteiger partial charge >= 0.3 is 0 Å². The van der Waals surface area contributed by atoms with Gasteiger partial charge in [0.2, 0.25) is 11.7 Å². The van der Waals surface area contributed by atoms with Gasteiger partial charge in [-0.25, -0.2) is 0 Å². The molecule has 0 radical (unpaired) electrons. The molecule has 0 aliphatic heterocycles. The number of thiophene rings is 1. The average molecular weight is 272 g/mol. The highest BCUT2D eigenvalue weighted by molar-refractivity contribution is 7.13. The molecule has 4 rings (SSSR count). The molecule has 0 spiro atoms. The first-order valence-corrected chi connectivity index (χ1v) is 7.05. The minimum Gasteiger partial charge on any atom is -0.339 e. The minimum atomic E-state index is 0.352. The molecule has 3 aromatic heterocycles. The Kier molecular flexibility index (Phi) is 2.32. The molecule has 3 aromatic rings. The molecule has 1 saturated carbocycles. The van der Waals surface area contributed by atoms with Crippen LogP contribution < -0.4 is 0 Å². The fourth-order valence-electron chi connectivity index (χ4n) is 2.36. The molecule has 0 amide bonds. The molecule has 96 valence electrons. The molecular weight excluding hydrogens is 260 g/mol. The zero-order valence-corrected chi connectivity index (χ0v) is 11.2. The van der Waals surface area contributed by atoms with Crippen LogP contribution in [0.15, 0.2) is 34.4 Å². The Balaban J connectivity index is 1.56. The lowest BCUT2D eigenvalue weighted by molar-refractivity contribution is 0.378. The lowest BCUT2D eigenvalue weighted by atomic mass is 10.2. The van der Waals surface area contributed by atoms with Gasteiger partial charge in [-0.2, -0.15) is 10.1 Å². The molecule has 0 aromatic carbocycles. The second kappa shape index (κ2) is 4.03. The predicted molar refractivity (Wildman–Crippen MR) is 70.9 cm³/mol. The van der Waals surface area contributed by atoms with Crippen LogP contribution in [0.4, 0.5) is 0 Å². The predicted octanol–water partition coefficient (Wildman–Crippen LogP) is 2.80. The van der Waals surface area contributed by atoms with Gasteiger partial charge in [-0.1, -0.05) is 11.2 Å². The number of aromatic nitrogens is 4. The number of nitrogens with zero attached hydrogens (tertiary/aromatic N) is 4. The molecular formula is C13H12N4OS. The van der Waals surface area contributed by atoms with Gasteiger partial charge in [-0.15, -0.1) is 11.3 Å². The second-order valence-corrected chi connectivity index (χ2v) is 5.78. The van der Waals surface area contributed by atoms with Gasteiger partial charge < -0.3 is 4.52 Å². The molecule has 2 atom stereocenters. The first kappa shape index (κ1) is 10.9. The van der Waals surface area contributed by atoms with Crippen LogP contribution in [-0.2, 0) is 7.05 Å². The standard InChI is InChI=1S/C13H12N4OS/c1-17-7-8(6-14-17)9-5-10(9)13-15-12(16-18-13)11-3-2-4-19-11/h2-4,6-7,9-10H,5H2,1H3/t9-,10+/m1/s1. The number of hydrogen-bond donors (Lipinski definition) is 0. The highest BCUT2D eigenvalue weighted by Crippen LogP contribution is 2.54. The van der Waals surface area contributed by atoms with Crippen LogP contribution in [0.3, 0.4) is 0 Å². The Hall–Kier alpha value is -1.95. The normalized spacial score (nSPS) is 21.7. The maximum Gasteiger partial charge on any atom is 0.230 e. The molecule has 19 heavy (non-hydrogen) atoms. The number of hydrogen-bond acceptors (Lipinski definition) is 5. The van der Waals surface area contributed by atoms with Crippen molar-refractivity contribution in [2.75, 3.05) is 0 Å². The zero-order valence-electron chi connectivity index (χ0n) is 10.4. The van der Waals surface area contributed by atoms with Crippen LogP contribution in [0.2, 0.25) is 0 Å². The van der Waals surface area contributed by atoms with E-state index in [1.54, 1.807) is 11.3 Å². The van der Waals surface area contributed by atoms with E-state index in [9.17, 15) is 0 Å². The largest absolute Gasteiger partial charge is 0.339 e. The molecule has 1 aliphatic rings. The van der Waals surface area contributed by atoms with E-state index in [1.807, 2.05) is 35.4 Å². The summed E-state index contributed by atoms with van der Waals surface area (Å²) in [4.78, 5) is 5.55. The van der Waals surface area contributed by atoms with Gasteiger partial charge in [0, 0.05) is 19.2 Å². The Bertz CT molecular complexity index is 700. The maximum atomic E-state index is 5.39. The second-order valence-electron chi connectivity index (χ2n) is 4.83. The summed E-state index contributed by atoms with van der Waals surface area (Å²) in [7, 11) is 1.93. The Morgan fingerprint density at radius 3 is 3.11 bits per heavy atom. The number of rotatable bonds is 3. The van der Waals surface area contributed by atoms with Crippen molar-refractivity contribution in [3.63, 3.8) is 0 Å². The summed E-state index contributed by atoms with van der Waals surface area (Å²) in [5.74, 6) is 2.27. The van der Waals surface area contributed by atoms with Crippen molar-refractivity contribution in [3.05, 3.63) is 41.4 Å². The molecule has 0 saturated heterocycles. The van der Waals surface area contributed by atoms with Crippen LogP contribution in [0, 0.1) is 0 Å². The van der Waals surface area contributed by atoms with Crippen molar-refractivity contribution in [2.24, 2.45) is 7.05 Å². The van der Waals surface area contributed by atoms with Crippen molar-refractivity contribution in [3.8, 4) is 10.7 Å². The third kappa shape index (κ3) is 1.88. The summed E-state index contributed by atoms with van der Waals surface area (Å²) in [5.41, 5.74) is 1.25. The fourth-order valence-corrected chi connectivity index (χ4v) is 3.01. The van der Waals surface area contributed by atoms with E-state index in [4.69, 9.17) is 4.52 Å². The van der Waals surface area contributed by atoms with E-state index in [1.165, 1.54) is 5.56 Å². The summed E-state index contributed by atoms with van der Waals surface area (Å²) in [6.07, 6.45) is 5.04. The van der Waals surface area contributed by atoms with E-state index in [2.05, 4.69) is 21.4 Å². The maximum absolute atomic E-state index is 5.39. The van der Waals surface area contributed by atoms with Crippen LogP contribution in [0.25, 0.3) is 10.7 Å². The first-order chi connectivity index (χ1) is 9.31. The lowest BCUT2D eigenvalue weighted by Gasteiger charge is -1.90. The SMILES string of the molecule is Cn1cc([C@H]2C[C@@H]2c2nc(-c3cccs3)no2)cn1. The molecule has 0 unspecified atom stereocenters. The van der Waals surface area contributed by atoms with Gasteiger partial charge in [0.25, 0.3) is 0 Å². The Morgan fingerprint density at radius 2 is 2.37 bits per heavy atom. The van der Waals surface area contributed by atoms with Crippen molar-refractivity contribution < 1.29 is 4.52 Å². The van der Waals surface area contributed by atoms with E-state index in [0.29, 0.717) is 17.7 Å². The highest BCUT2D eigenvalue weighted by Gasteiger charge is 2.44. The van der Waals surface area contributed by atoms with E-state index < -0.39 is 0 Å². The molecule has 1 fully saturated rings. The van der Waals surface area contributed by atoms with E-state index in [0.717, 1.165) is 17.2 Å². The Morgan fingerprint density at radius 1 is 1.42 bits per heavy atom. The fraction of sp³-hybridized carbons (Fsp3) is 0.308. The van der Waals surface area contributed by atoms with E-state index in [-0.39, 0.29) is 0 Å². The van der Waals surface area contributed by atoms with E-state index >= 15 is 0 Å². The third-order valence-electron chi connectivity index (χ3n) is 3.44. The van der Waals surface area contributed by atoms with Crippen molar-refractivity contribution in [1.29, 1.82) is 0 Å². The minimum absolute atomic E-state index is 0.352. The van der Waals surface area contributed by atoms with Crippen LogP contribution >= 0.6 is 11.3 Å².